The van der Waals surface area contributed by atoms with E-state index in [-0.39, 0.29) is 18.1 Å². The number of nitrogens with one attached hydrogen (secondary N) is 2. The molecule has 0 bridgehead atoms. The maximum absolute atomic E-state index is 12.7. The van der Waals surface area contributed by atoms with Gasteiger partial charge in [0.25, 0.3) is 0 Å². The number of hydrogen-bond acceptors (Lipinski definition) is 4. The molecular weight excluding hydrogens is 369 g/mol. The van der Waals surface area contributed by atoms with Crippen molar-refractivity contribution in [2.45, 2.75) is 12.7 Å². The standard InChI is InChI=1S/C16H23F3N4O2S/c1-20-15(21-5-6-23-7-9-26(24,25)10-8-23)22-12-13-3-2-4-14(11-13)16(17,18)19/h2-4,11H,5-10,12H2,1H3,(H2,20,21,22). The quantitative estimate of drug-likeness (QED) is 0.580. The second-order valence-electron chi connectivity index (χ2n) is 6.04. The lowest BCUT2D eigenvalue weighted by Crippen LogP contribution is -2.45. The molecule has 2 N–H and O–H groups in total. The molecule has 1 aromatic rings. The van der Waals surface area contributed by atoms with Crippen LogP contribution in [-0.4, -0.2) is 64.0 Å². The van der Waals surface area contributed by atoms with Gasteiger partial charge in [-0.3, -0.25) is 9.89 Å². The SMILES string of the molecule is CN=C(NCCN1CCS(=O)(=O)CC1)NCc1cccc(C(F)(F)F)c1. The molecule has 1 aliphatic heterocycles. The fourth-order valence-electron chi connectivity index (χ4n) is 2.57. The summed E-state index contributed by atoms with van der Waals surface area (Å²) in [5.41, 5.74) is -0.177. The van der Waals surface area contributed by atoms with Gasteiger partial charge in [0.2, 0.25) is 0 Å². The minimum Gasteiger partial charge on any atom is -0.355 e. The molecule has 0 unspecified atom stereocenters. The average molecular weight is 392 g/mol. The van der Waals surface area contributed by atoms with Gasteiger partial charge in [-0.15, -0.1) is 0 Å². The molecule has 1 aliphatic rings. The maximum Gasteiger partial charge on any atom is 0.416 e. The molecule has 0 saturated carbocycles. The summed E-state index contributed by atoms with van der Waals surface area (Å²) in [5.74, 6) is 0.831. The van der Waals surface area contributed by atoms with Crippen LogP contribution in [0.25, 0.3) is 0 Å². The number of halogens is 3. The molecule has 1 heterocycles. The molecule has 26 heavy (non-hydrogen) atoms. The van der Waals surface area contributed by atoms with Gasteiger partial charge in [-0.1, -0.05) is 12.1 Å². The van der Waals surface area contributed by atoms with Gasteiger partial charge in [0.15, 0.2) is 15.8 Å². The minimum atomic E-state index is -4.36. The Morgan fingerprint density at radius 2 is 1.92 bits per heavy atom. The first-order chi connectivity index (χ1) is 12.2. The van der Waals surface area contributed by atoms with E-state index in [1.54, 1.807) is 13.1 Å². The number of sulfone groups is 1. The number of aliphatic imine (C=N–C) groups is 1. The summed E-state index contributed by atoms with van der Waals surface area (Å²) in [6.45, 7) is 2.47. The smallest absolute Gasteiger partial charge is 0.355 e. The molecule has 0 atom stereocenters. The van der Waals surface area contributed by atoms with Gasteiger partial charge in [0, 0.05) is 39.8 Å². The maximum atomic E-state index is 12.7. The van der Waals surface area contributed by atoms with Gasteiger partial charge in [0.1, 0.15) is 0 Å². The minimum absolute atomic E-state index is 0.176. The van der Waals surface area contributed by atoms with E-state index in [0.717, 1.165) is 12.1 Å². The van der Waals surface area contributed by atoms with Crippen molar-refractivity contribution in [3.63, 3.8) is 0 Å². The van der Waals surface area contributed by atoms with Crippen LogP contribution in [-0.2, 0) is 22.6 Å². The fourth-order valence-corrected chi connectivity index (χ4v) is 3.85. The second-order valence-corrected chi connectivity index (χ2v) is 8.35. The first-order valence-corrected chi connectivity index (χ1v) is 10.1. The summed E-state index contributed by atoms with van der Waals surface area (Å²) in [6, 6.07) is 5.13. The van der Waals surface area contributed by atoms with E-state index in [4.69, 9.17) is 0 Å². The monoisotopic (exact) mass is 392 g/mol. The van der Waals surface area contributed by atoms with Crippen LogP contribution in [0.4, 0.5) is 13.2 Å². The van der Waals surface area contributed by atoms with Crippen LogP contribution in [0.5, 0.6) is 0 Å². The Balaban J connectivity index is 1.76. The predicted molar refractivity (Wildman–Crippen MR) is 94.7 cm³/mol. The first kappa shape index (κ1) is 20.5. The van der Waals surface area contributed by atoms with Gasteiger partial charge in [-0.25, -0.2) is 8.42 Å². The number of hydrogen-bond donors (Lipinski definition) is 2. The van der Waals surface area contributed by atoms with Crippen molar-refractivity contribution in [1.29, 1.82) is 0 Å². The van der Waals surface area contributed by atoms with Crippen LogP contribution in [0.1, 0.15) is 11.1 Å². The molecule has 146 valence electrons. The van der Waals surface area contributed by atoms with Gasteiger partial charge >= 0.3 is 6.18 Å². The van der Waals surface area contributed by atoms with Crippen LogP contribution in [0, 0.1) is 0 Å². The Hall–Kier alpha value is -1.81. The summed E-state index contributed by atoms with van der Waals surface area (Å²) in [7, 11) is -1.31. The number of alkyl halides is 3. The van der Waals surface area contributed by atoms with Crippen molar-refractivity contribution in [3.05, 3.63) is 35.4 Å². The Kier molecular flexibility index (Phi) is 6.87. The fraction of sp³-hybridized carbons (Fsp3) is 0.562. The molecule has 0 radical (unpaired) electrons. The molecule has 0 aromatic heterocycles. The van der Waals surface area contributed by atoms with E-state index >= 15 is 0 Å². The highest BCUT2D eigenvalue weighted by molar-refractivity contribution is 7.91. The molecule has 1 fully saturated rings. The number of guanidine groups is 1. The molecule has 6 nitrogen and oxygen atoms in total. The topological polar surface area (TPSA) is 73.8 Å². The summed E-state index contributed by atoms with van der Waals surface area (Å²) >= 11 is 0. The molecule has 1 aromatic carbocycles. The van der Waals surface area contributed by atoms with E-state index in [1.807, 2.05) is 4.90 Å². The lowest BCUT2D eigenvalue weighted by Gasteiger charge is -2.26. The van der Waals surface area contributed by atoms with Crippen LogP contribution in [0.2, 0.25) is 0 Å². The third kappa shape index (κ3) is 6.49. The summed E-state index contributed by atoms with van der Waals surface area (Å²) < 4.78 is 61.0. The molecule has 10 heteroatoms. The first-order valence-electron chi connectivity index (χ1n) is 8.23. The highest BCUT2D eigenvalue weighted by Crippen LogP contribution is 2.29. The lowest BCUT2D eigenvalue weighted by molar-refractivity contribution is -0.137. The predicted octanol–water partition coefficient (Wildman–Crippen LogP) is 1.10. The zero-order chi connectivity index (χ0) is 19.2. The third-order valence-electron chi connectivity index (χ3n) is 4.10. The van der Waals surface area contributed by atoms with Crippen molar-refractivity contribution in [1.82, 2.24) is 15.5 Å². The van der Waals surface area contributed by atoms with Crippen molar-refractivity contribution >= 4 is 15.8 Å². The molecular formula is C16H23F3N4O2S. The van der Waals surface area contributed by atoms with E-state index in [2.05, 4.69) is 15.6 Å². The average Bonchev–Trinajstić information content (AvgIpc) is 2.59. The Morgan fingerprint density at radius 1 is 1.23 bits per heavy atom. The highest BCUT2D eigenvalue weighted by atomic mass is 32.2. The zero-order valence-corrected chi connectivity index (χ0v) is 15.3. The van der Waals surface area contributed by atoms with Crippen LogP contribution in [0.15, 0.2) is 29.3 Å². The van der Waals surface area contributed by atoms with Crippen LogP contribution < -0.4 is 10.6 Å². The van der Waals surface area contributed by atoms with E-state index in [0.29, 0.717) is 37.7 Å². The van der Waals surface area contributed by atoms with Gasteiger partial charge in [-0.2, -0.15) is 13.2 Å². The van der Waals surface area contributed by atoms with Crippen molar-refractivity contribution in [2.75, 3.05) is 44.7 Å². The lowest BCUT2D eigenvalue weighted by atomic mass is 10.1. The molecule has 2 rings (SSSR count). The Bertz CT molecular complexity index is 721. The van der Waals surface area contributed by atoms with Crippen LogP contribution in [0.3, 0.4) is 0 Å². The largest absolute Gasteiger partial charge is 0.416 e. The van der Waals surface area contributed by atoms with E-state index in [9.17, 15) is 21.6 Å². The van der Waals surface area contributed by atoms with Crippen molar-refractivity contribution < 1.29 is 21.6 Å². The Labute approximate surface area is 151 Å². The Morgan fingerprint density at radius 3 is 2.54 bits per heavy atom. The van der Waals surface area contributed by atoms with Crippen molar-refractivity contribution in [3.8, 4) is 0 Å². The summed E-state index contributed by atoms with van der Waals surface area (Å²) in [5, 5.41) is 6.05. The molecule has 1 saturated heterocycles. The molecule has 0 aliphatic carbocycles. The number of benzene rings is 1. The van der Waals surface area contributed by atoms with Gasteiger partial charge in [0.05, 0.1) is 17.1 Å². The highest BCUT2D eigenvalue weighted by Gasteiger charge is 2.30. The van der Waals surface area contributed by atoms with Gasteiger partial charge < -0.3 is 10.6 Å². The van der Waals surface area contributed by atoms with E-state index in [1.165, 1.54) is 6.07 Å². The van der Waals surface area contributed by atoms with Crippen molar-refractivity contribution in [2.24, 2.45) is 4.99 Å². The van der Waals surface area contributed by atoms with Crippen LogP contribution >= 0.6 is 0 Å². The van der Waals surface area contributed by atoms with Gasteiger partial charge in [-0.05, 0) is 17.7 Å². The number of rotatable bonds is 5. The zero-order valence-electron chi connectivity index (χ0n) is 14.5. The van der Waals surface area contributed by atoms with E-state index < -0.39 is 21.6 Å². The molecule has 0 amide bonds. The summed E-state index contributed by atoms with van der Waals surface area (Å²) in [4.78, 5) is 6.09. The third-order valence-corrected chi connectivity index (χ3v) is 5.70. The second kappa shape index (κ2) is 8.72. The number of nitrogens with zero attached hydrogens (tertiary/aromatic N) is 2. The normalized spacial score (nSPS) is 18.5. The summed E-state index contributed by atoms with van der Waals surface area (Å²) in [6.07, 6.45) is -4.36. The molecule has 0 spiro atoms.